The normalized spacial score (nSPS) is 12.6. The first-order chi connectivity index (χ1) is 9.74. The highest BCUT2D eigenvalue weighted by molar-refractivity contribution is 7.87. The molecule has 0 saturated heterocycles. The zero-order chi connectivity index (χ0) is 15.9. The van der Waals surface area contributed by atoms with Gasteiger partial charge in [-0.05, 0) is 35.8 Å². The van der Waals surface area contributed by atoms with Crippen molar-refractivity contribution in [2.45, 2.75) is 52.4 Å². The van der Waals surface area contributed by atoms with Crippen molar-refractivity contribution in [2.75, 3.05) is 13.1 Å². The summed E-state index contributed by atoms with van der Waals surface area (Å²) >= 11 is 0. The van der Waals surface area contributed by atoms with Crippen LogP contribution in [0.15, 0.2) is 24.3 Å². The fourth-order valence-corrected chi connectivity index (χ4v) is 2.97. The quantitative estimate of drug-likeness (QED) is 0.725. The van der Waals surface area contributed by atoms with Crippen molar-refractivity contribution in [2.24, 2.45) is 0 Å². The first-order valence-electron chi connectivity index (χ1n) is 7.58. The van der Waals surface area contributed by atoms with E-state index in [2.05, 4.69) is 54.5 Å². The molecule has 0 aromatic heterocycles. The Bertz CT molecular complexity index is 516. The van der Waals surface area contributed by atoms with E-state index in [1.54, 1.807) is 6.92 Å². The molecular formula is C16H28N2O2S. The fourth-order valence-electron chi connectivity index (χ4n) is 2.07. The van der Waals surface area contributed by atoms with Gasteiger partial charge in [-0.15, -0.1) is 0 Å². The zero-order valence-electron chi connectivity index (χ0n) is 13.6. The Morgan fingerprint density at radius 3 is 2.14 bits per heavy atom. The van der Waals surface area contributed by atoms with Crippen LogP contribution in [0.2, 0.25) is 0 Å². The van der Waals surface area contributed by atoms with Gasteiger partial charge in [0, 0.05) is 13.1 Å². The number of unbranched alkanes of at least 4 members (excludes halogenated alkanes) is 1. The summed E-state index contributed by atoms with van der Waals surface area (Å²) < 4.78 is 27.7. The highest BCUT2D eigenvalue weighted by Gasteiger charge is 2.12. The lowest BCUT2D eigenvalue weighted by Crippen LogP contribution is -2.36. The van der Waals surface area contributed by atoms with E-state index in [0.29, 0.717) is 13.1 Å². The van der Waals surface area contributed by atoms with Gasteiger partial charge in [0.25, 0.3) is 10.2 Å². The molecule has 0 bridgehead atoms. The Hall–Kier alpha value is -0.910. The van der Waals surface area contributed by atoms with Gasteiger partial charge in [-0.3, -0.25) is 0 Å². The van der Waals surface area contributed by atoms with Crippen molar-refractivity contribution >= 4 is 10.2 Å². The lowest BCUT2D eigenvalue weighted by atomic mass is 9.86. The van der Waals surface area contributed by atoms with Gasteiger partial charge in [-0.1, -0.05) is 52.0 Å². The predicted octanol–water partition coefficient (Wildman–Crippen LogP) is 2.75. The van der Waals surface area contributed by atoms with E-state index in [0.717, 1.165) is 19.3 Å². The number of hydrogen-bond donors (Lipinski definition) is 2. The molecule has 2 N–H and O–H groups in total. The van der Waals surface area contributed by atoms with E-state index >= 15 is 0 Å². The smallest absolute Gasteiger partial charge is 0.203 e. The number of hydrogen-bond acceptors (Lipinski definition) is 2. The first kappa shape index (κ1) is 18.1. The lowest BCUT2D eigenvalue weighted by Gasteiger charge is -2.19. The summed E-state index contributed by atoms with van der Waals surface area (Å²) in [4.78, 5) is 0. The first-order valence-corrected chi connectivity index (χ1v) is 9.06. The Morgan fingerprint density at radius 2 is 1.62 bits per heavy atom. The van der Waals surface area contributed by atoms with Gasteiger partial charge in [0.05, 0.1) is 0 Å². The summed E-state index contributed by atoms with van der Waals surface area (Å²) in [7, 11) is -3.30. The average molecular weight is 312 g/mol. The van der Waals surface area contributed by atoms with Crippen molar-refractivity contribution in [3.63, 3.8) is 0 Å². The molecule has 4 nitrogen and oxygen atoms in total. The van der Waals surface area contributed by atoms with Crippen LogP contribution >= 0.6 is 0 Å². The second kappa shape index (κ2) is 7.92. The summed E-state index contributed by atoms with van der Waals surface area (Å²) in [5, 5.41) is 0. The zero-order valence-corrected chi connectivity index (χ0v) is 14.4. The van der Waals surface area contributed by atoms with E-state index in [1.165, 1.54) is 11.1 Å². The van der Waals surface area contributed by atoms with Crippen LogP contribution in [0.4, 0.5) is 0 Å². The molecule has 21 heavy (non-hydrogen) atoms. The highest BCUT2D eigenvalue weighted by Crippen LogP contribution is 2.22. The van der Waals surface area contributed by atoms with Crippen molar-refractivity contribution in [1.29, 1.82) is 0 Å². The molecule has 0 aliphatic carbocycles. The average Bonchev–Trinajstić information content (AvgIpc) is 2.37. The number of aryl methyl sites for hydroxylation is 1. The molecule has 0 aliphatic rings. The molecule has 0 atom stereocenters. The van der Waals surface area contributed by atoms with Crippen LogP contribution in [0.1, 0.15) is 51.7 Å². The van der Waals surface area contributed by atoms with Crippen LogP contribution in [-0.2, 0) is 22.0 Å². The van der Waals surface area contributed by atoms with Crippen LogP contribution in [-0.4, -0.2) is 21.5 Å². The van der Waals surface area contributed by atoms with Crippen LogP contribution in [0.5, 0.6) is 0 Å². The SMILES string of the molecule is CCNS(=O)(=O)NCCCCc1ccc(C(C)(C)C)cc1. The third kappa shape index (κ3) is 7.07. The van der Waals surface area contributed by atoms with Gasteiger partial charge >= 0.3 is 0 Å². The van der Waals surface area contributed by atoms with E-state index in [-0.39, 0.29) is 5.41 Å². The third-order valence-corrected chi connectivity index (χ3v) is 4.59. The van der Waals surface area contributed by atoms with E-state index in [1.807, 2.05) is 0 Å². The van der Waals surface area contributed by atoms with Crippen molar-refractivity contribution < 1.29 is 8.42 Å². The maximum absolute atomic E-state index is 11.4. The molecule has 0 unspecified atom stereocenters. The Labute approximate surface area is 129 Å². The second-order valence-electron chi connectivity index (χ2n) is 6.30. The Morgan fingerprint density at radius 1 is 1.00 bits per heavy atom. The van der Waals surface area contributed by atoms with Crippen molar-refractivity contribution in [1.82, 2.24) is 9.44 Å². The van der Waals surface area contributed by atoms with Crippen LogP contribution in [0, 0.1) is 0 Å². The molecule has 0 heterocycles. The number of rotatable bonds is 8. The minimum atomic E-state index is -3.30. The topological polar surface area (TPSA) is 58.2 Å². The maximum Gasteiger partial charge on any atom is 0.276 e. The molecular weight excluding hydrogens is 284 g/mol. The largest absolute Gasteiger partial charge is 0.276 e. The Kier molecular flexibility index (Phi) is 6.84. The molecule has 1 aromatic rings. The highest BCUT2D eigenvalue weighted by atomic mass is 32.2. The summed E-state index contributed by atoms with van der Waals surface area (Å²) in [5.74, 6) is 0. The third-order valence-electron chi connectivity index (χ3n) is 3.34. The van der Waals surface area contributed by atoms with Gasteiger partial charge < -0.3 is 0 Å². The standard InChI is InChI=1S/C16H28N2O2S/c1-5-17-21(19,20)18-13-7-6-8-14-9-11-15(12-10-14)16(2,3)4/h9-12,17-18H,5-8,13H2,1-4H3. The molecule has 0 radical (unpaired) electrons. The van der Waals surface area contributed by atoms with Gasteiger partial charge in [-0.2, -0.15) is 8.42 Å². The van der Waals surface area contributed by atoms with Gasteiger partial charge in [0.2, 0.25) is 0 Å². The molecule has 120 valence electrons. The molecule has 0 amide bonds. The molecule has 0 saturated carbocycles. The predicted molar refractivity (Wildman–Crippen MR) is 88.7 cm³/mol. The minimum Gasteiger partial charge on any atom is -0.203 e. The van der Waals surface area contributed by atoms with Crippen LogP contribution < -0.4 is 9.44 Å². The van der Waals surface area contributed by atoms with E-state index < -0.39 is 10.2 Å². The minimum absolute atomic E-state index is 0.184. The molecule has 0 fully saturated rings. The second-order valence-corrected chi connectivity index (χ2v) is 7.88. The summed E-state index contributed by atoms with van der Waals surface area (Å²) in [6, 6.07) is 8.71. The van der Waals surface area contributed by atoms with Gasteiger partial charge in [-0.25, -0.2) is 9.44 Å². The Balaban J connectivity index is 2.31. The molecule has 0 aliphatic heterocycles. The molecule has 1 aromatic carbocycles. The summed E-state index contributed by atoms with van der Waals surface area (Å²) in [6.45, 7) is 9.28. The summed E-state index contributed by atoms with van der Waals surface area (Å²) in [6.07, 6.45) is 2.79. The maximum atomic E-state index is 11.4. The summed E-state index contributed by atoms with van der Waals surface area (Å²) in [5.41, 5.74) is 2.82. The van der Waals surface area contributed by atoms with Crippen molar-refractivity contribution in [3.05, 3.63) is 35.4 Å². The van der Waals surface area contributed by atoms with E-state index in [9.17, 15) is 8.42 Å². The fraction of sp³-hybridized carbons (Fsp3) is 0.625. The molecule has 1 rings (SSSR count). The number of benzene rings is 1. The van der Waals surface area contributed by atoms with E-state index in [4.69, 9.17) is 0 Å². The molecule has 0 spiro atoms. The van der Waals surface area contributed by atoms with Crippen LogP contribution in [0.3, 0.4) is 0 Å². The van der Waals surface area contributed by atoms with Gasteiger partial charge in [0.1, 0.15) is 0 Å². The van der Waals surface area contributed by atoms with Crippen molar-refractivity contribution in [3.8, 4) is 0 Å². The van der Waals surface area contributed by atoms with Crippen LogP contribution in [0.25, 0.3) is 0 Å². The molecule has 5 heteroatoms. The number of nitrogens with one attached hydrogen (secondary N) is 2. The lowest BCUT2D eigenvalue weighted by molar-refractivity contribution is 0.564. The monoisotopic (exact) mass is 312 g/mol. The van der Waals surface area contributed by atoms with Gasteiger partial charge in [0.15, 0.2) is 0 Å².